The van der Waals surface area contributed by atoms with Crippen molar-refractivity contribution in [3.8, 4) is 5.75 Å². The largest absolute Gasteiger partial charge is 0.497 e. The van der Waals surface area contributed by atoms with Crippen molar-refractivity contribution >= 4 is 11.8 Å². The maximum Gasteiger partial charge on any atom is 0.238 e. The molecule has 0 aromatic heterocycles. The highest BCUT2D eigenvalue weighted by Crippen LogP contribution is 2.13. The van der Waals surface area contributed by atoms with Crippen LogP contribution in [-0.4, -0.2) is 18.9 Å². The molecule has 1 rings (SSSR count). The highest BCUT2D eigenvalue weighted by molar-refractivity contribution is 5.82. The van der Waals surface area contributed by atoms with Gasteiger partial charge in [-0.15, -0.1) is 0 Å². The molecule has 0 radical (unpaired) electrons. The molecule has 0 saturated heterocycles. The number of methoxy groups -OCH3 is 1. The second kappa shape index (κ2) is 8.19. The predicted molar refractivity (Wildman–Crippen MR) is 77.1 cm³/mol. The third-order valence-electron chi connectivity index (χ3n) is 2.71. The SMILES string of the molecule is COc1cccc(CCC(=O)NNC(=O)CC(C)C)c1. The molecule has 0 heterocycles. The maximum atomic E-state index is 11.6. The predicted octanol–water partition coefficient (Wildman–Crippen LogP) is 1.82. The van der Waals surface area contributed by atoms with Crippen LogP contribution in [-0.2, 0) is 16.0 Å². The molecule has 20 heavy (non-hydrogen) atoms. The van der Waals surface area contributed by atoms with Crippen molar-refractivity contribution in [1.29, 1.82) is 0 Å². The highest BCUT2D eigenvalue weighted by Gasteiger charge is 2.07. The zero-order chi connectivity index (χ0) is 15.0. The fourth-order valence-electron chi connectivity index (χ4n) is 1.71. The number of benzene rings is 1. The van der Waals surface area contributed by atoms with Gasteiger partial charge in [0.1, 0.15) is 5.75 Å². The summed E-state index contributed by atoms with van der Waals surface area (Å²) < 4.78 is 5.12. The molecule has 5 heteroatoms. The van der Waals surface area contributed by atoms with Crippen LogP contribution >= 0.6 is 0 Å². The molecule has 0 spiro atoms. The molecule has 2 N–H and O–H groups in total. The Kier molecular flexibility index (Phi) is 6.56. The Morgan fingerprint density at radius 1 is 1.20 bits per heavy atom. The molecule has 0 aliphatic heterocycles. The van der Waals surface area contributed by atoms with Crippen molar-refractivity contribution in [3.63, 3.8) is 0 Å². The lowest BCUT2D eigenvalue weighted by Crippen LogP contribution is -2.42. The van der Waals surface area contributed by atoms with E-state index in [9.17, 15) is 9.59 Å². The molecule has 0 aliphatic rings. The minimum atomic E-state index is -0.204. The number of carbonyl (C=O) groups is 2. The van der Waals surface area contributed by atoms with Crippen molar-refractivity contribution in [2.75, 3.05) is 7.11 Å². The van der Waals surface area contributed by atoms with E-state index in [1.54, 1.807) is 7.11 Å². The summed E-state index contributed by atoms with van der Waals surface area (Å²) in [6, 6.07) is 7.57. The van der Waals surface area contributed by atoms with Gasteiger partial charge >= 0.3 is 0 Å². The Labute approximate surface area is 119 Å². The Balaban J connectivity index is 2.30. The number of hydrogen-bond acceptors (Lipinski definition) is 3. The van der Waals surface area contributed by atoms with E-state index in [1.165, 1.54) is 0 Å². The fraction of sp³-hybridized carbons (Fsp3) is 0.467. The summed E-state index contributed by atoms with van der Waals surface area (Å²) in [4.78, 5) is 23.0. The zero-order valence-corrected chi connectivity index (χ0v) is 12.2. The van der Waals surface area contributed by atoms with Crippen molar-refractivity contribution in [1.82, 2.24) is 10.9 Å². The first-order chi connectivity index (χ1) is 9.51. The van der Waals surface area contributed by atoms with E-state index in [1.807, 2.05) is 38.1 Å². The molecule has 110 valence electrons. The van der Waals surface area contributed by atoms with E-state index in [2.05, 4.69) is 10.9 Å². The lowest BCUT2D eigenvalue weighted by molar-refractivity contribution is -0.129. The van der Waals surface area contributed by atoms with E-state index in [0.717, 1.165) is 11.3 Å². The molecule has 1 aromatic rings. The number of hydrogen-bond donors (Lipinski definition) is 2. The second-order valence-corrected chi connectivity index (χ2v) is 5.05. The summed E-state index contributed by atoms with van der Waals surface area (Å²) >= 11 is 0. The van der Waals surface area contributed by atoms with Gasteiger partial charge in [-0.25, -0.2) is 0 Å². The van der Waals surface area contributed by atoms with E-state index in [-0.39, 0.29) is 17.7 Å². The molecule has 1 aromatic carbocycles. The van der Waals surface area contributed by atoms with Crippen LogP contribution in [0.15, 0.2) is 24.3 Å². The minimum Gasteiger partial charge on any atom is -0.497 e. The molecule has 0 saturated carbocycles. The van der Waals surface area contributed by atoms with E-state index in [0.29, 0.717) is 19.3 Å². The standard InChI is InChI=1S/C15H22N2O3/c1-11(2)9-15(19)17-16-14(18)8-7-12-5-4-6-13(10-12)20-3/h4-6,10-11H,7-9H2,1-3H3,(H,16,18)(H,17,19). The van der Waals surface area contributed by atoms with Gasteiger partial charge in [-0.2, -0.15) is 0 Å². The first kappa shape index (κ1) is 16.0. The average molecular weight is 278 g/mol. The highest BCUT2D eigenvalue weighted by atomic mass is 16.5. The first-order valence-electron chi connectivity index (χ1n) is 6.72. The van der Waals surface area contributed by atoms with Gasteiger partial charge < -0.3 is 4.74 Å². The van der Waals surface area contributed by atoms with E-state index < -0.39 is 0 Å². The number of hydrazine groups is 1. The zero-order valence-electron chi connectivity index (χ0n) is 12.2. The first-order valence-corrected chi connectivity index (χ1v) is 6.72. The number of ether oxygens (including phenoxy) is 1. The van der Waals surface area contributed by atoms with Gasteiger partial charge in [-0.3, -0.25) is 20.4 Å². The number of amides is 2. The van der Waals surface area contributed by atoms with Crippen molar-refractivity contribution < 1.29 is 14.3 Å². The average Bonchev–Trinajstić information content (AvgIpc) is 2.42. The summed E-state index contributed by atoms with van der Waals surface area (Å²) in [6.07, 6.45) is 1.31. The molecule has 5 nitrogen and oxygen atoms in total. The van der Waals surface area contributed by atoms with Crippen LogP contribution in [0.25, 0.3) is 0 Å². The van der Waals surface area contributed by atoms with Crippen molar-refractivity contribution in [3.05, 3.63) is 29.8 Å². The molecule has 0 unspecified atom stereocenters. The molecule has 0 fully saturated rings. The minimum absolute atomic E-state index is 0.172. The van der Waals surface area contributed by atoms with Gasteiger partial charge in [0, 0.05) is 12.8 Å². The Bertz CT molecular complexity index is 458. The Morgan fingerprint density at radius 2 is 1.90 bits per heavy atom. The molecule has 0 aliphatic carbocycles. The third-order valence-corrected chi connectivity index (χ3v) is 2.71. The van der Waals surface area contributed by atoms with Crippen LogP contribution in [0, 0.1) is 5.92 Å². The van der Waals surface area contributed by atoms with Crippen LogP contribution in [0.4, 0.5) is 0 Å². The number of aryl methyl sites for hydroxylation is 1. The number of rotatable bonds is 6. The van der Waals surface area contributed by atoms with Crippen molar-refractivity contribution in [2.24, 2.45) is 5.92 Å². The van der Waals surface area contributed by atoms with Gasteiger partial charge in [0.2, 0.25) is 11.8 Å². The molecular weight excluding hydrogens is 256 g/mol. The van der Waals surface area contributed by atoms with Crippen molar-refractivity contribution in [2.45, 2.75) is 33.1 Å². The molecule has 0 bridgehead atoms. The van der Waals surface area contributed by atoms with Gasteiger partial charge in [0.05, 0.1) is 7.11 Å². The third kappa shape index (κ3) is 6.22. The second-order valence-electron chi connectivity index (χ2n) is 5.05. The van der Waals surface area contributed by atoms with Gasteiger partial charge in [-0.05, 0) is 30.0 Å². The number of carbonyl (C=O) groups excluding carboxylic acids is 2. The summed E-state index contributed by atoms with van der Waals surface area (Å²) in [6.45, 7) is 3.90. The number of nitrogens with one attached hydrogen (secondary N) is 2. The summed E-state index contributed by atoms with van der Waals surface area (Å²) in [5.74, 6) is 0.663. The summed E-state index contributed by atoms with van der Waals surface area (Å²) in [5.41, 5.74) is 5.85. The van der Waals surface area contributed by atoms with Gasteiger partial charge in [-0.1, -0.05) is 26.0 Å². The van der Waals surface area contributed by atoms with Crippen LogP contribution in [0.5, 0.6) is 5.75 Å². The van der Waals surface area contributed by atoms with Crippen LogP contribution in [0.1, 0.15) is 32.3 Å². The van der Waals surface area contributed by atoms with E-state index in [4.69, 9.17) is 4.74 Å². The van der Waals surface area contributed by atoms with Gasteiger partial charge in [0.15, 0.2) is 0 Å². The topological polar surface area (TPSA) is 67.4 Å². The Morgan fingerprint density at radius 3 is 2.55 bits per heavy atom. The smallest absolute Gasteiger partial charge is 0.238 e. The lowest BCUT2D eigenvalue weighted by atomic mass is 10.1. The quantitative estimate of drug-likeness (QED) is 0.780. The normalized spacial score (nSPS) is 10.2. The Hall–Kier alpha value is -2.04. The maximum absolute atomic E-state index is 11.6. The van der Waals surface area contributed by atoms with Gasteiger partial charge in [0.25, 0.3) is 0 Å². The fourth-order valence-corrected chi connectivity index (χ4v) is 1.71. The van der Waals surface area contributed by atoms with E-state index >= 15 is 0 Å². The summed E-state index contributed by atoms with van der Waals surface area (Å²) in [5, 5.41) is 0. The monoisotopic (exact) mass is 278 g/mol. The molecule has 0 atom stereocenters. The van der Waals surface area contributed by atoms with Crippen LogP contribution in [0.3, 0.4) is 0 Å². The molecular formula is C15H22N2O3. The molecule has 2 amide bonds. The lowest BCUT2D eigenvalue weighted by Gasteiger charge is -2.09. The summed E-state index contributed by atoms with van der Waals surface area (Å²) in [7, 11) is 1.61. The van der Waals surface area contributed by atoms with Crippen LogP contribution < -0.4 is 15.6 Å². The van der Waals surface area contributed by atoms with Crippen LogP contribution in [0.2, 0.25) is 0 Å².